The Morgan fingerprint density at radius 2 is 2.10 bits per heavy atom. The van der Waals surface area contributed by atoms with Crippen molar-refractivity contribution in [3.8, 4) is 0 Å². The van der Waals surface area contributed by atoms with Crippen LogP contribution in [-0.4, -0.2) is 20.9 Å². The van der Waals surface area contributed by atoms with Crippen LogP contribution in [0.1, 0.15) is 43.6 Å². The molecule has 20 heavy (non-hydrogen) atoms. The molecule has 3 rings (SSSR count). The SMILES string of the molecule is Cn1ncc2cc(C3CCC(CC(=O)O)CC3)ccc21. The minimum Gasteiger partial charge on any atom is -0.481 e. The van der Waals surface area contributed by atoms with E-state index in [-0.39, 0.29) is 0 Å². The molecule has 0 radical (unpaired) electrons. The van der Waals surface area contributed by atoms with Crippen molar-refractivity contribution in [3.63, 3.8) is 0 Å². The van der Waals surface area contributed by atoms with E-state index >= 15 is 0 Å². The lowest BCUT2D eigenvalue weighted by atomic mass is 9.77. The van der Waals surface area contributed by atoms with Crippen LogP contribution in [-0.2, 0) is 11.8 Å². The number of aliphatic carboxylic acids is 1. The molecule has 1 fully saturated rings. The molecule has 0 saturated heterocycles. The Labute approximate surface area is 118 Å². The third kappa shape index (κ3) is 2.55. The average Bonchev–Trinajstić information content (AvgIpc) is 2.80. The van der Waals surface area contributed by atoms with Gasteiger partial charge in [-0.25, -0.2) is 0 Å². The number of carbonyl (C=O) groups is 1. The van der Waals surface area contributed by atoms with Gasteiger partial charge in [-0.15, -0.1) is 0 Å². The smallest absolute Gasteiger partial charge is 0.303 e. The van der Waals surface area contributed by atoms with Crippen LogP contribution in [0.15, 0.2) is 24.4 Å². The maximum atomic E-state index is 10.8. The number of carboxylic acids is 1. The average molecular weight is 272 g/mol. The normalized spacial score (nSPS) is 23.1. The monoisotopic (exact) mass is 272 g/mol. The van der Waals surface area contributed by atoms with Gasteiger partial charge < -0.3 is 5.11 Å². The molecule has 4 heteroatoms. The molecule has 0 aliphatic heterocycles. The predicted octanol–water partition coefficient (Wildman–Crippen LogP) is 3.32. The Balaban J connectivity index is 1.71. The quantitative estimate of drug-likeness (QED) is 0.932. The summed E-state index contributed by atoms with van der Waals surface area (Å²) in [5.41, 5.74) is 2.53. The maximum absolute atomic E-state index is 10.8. The van der Waals surface area contributed by atoms with E-state index in [1.54, 1.807) is 0 Å². The molecule has 1 aliphatic carbocycles. The highest BCUT2D eigenvalue weighted by Crippen LogP contribution is 2.37. The van der Waals surface area contributed by atoms with E-state index in [1.807, 2.05) is 17.9 Å². The van der Waals surface area contributed by atoms with Gasteiger partial charge in [0.05, 0.1) is 11.7 Å². The summed E-state index contributed by atoms with van der Waals surface area (Å²) in [6.45, 7) is 0. The first-order valence-electron chi connectivity index (χ1n) is 7.27. The number of nitrogens with zero attached hydrogens (tertiary/aromatic N) is 2. The van der Waals surface area contributed by atoms with Crippen LogP contribution in [0.3, 0.4) is 0 Å². The minimum absolute atomic E-state index is 0.328. The molecule has 0 spiro atoms. The molecule has 1 aromatic heterocycles. The Morgan fingerprint density at radius 1 is 1.35 bits per heavy atom. The summed E-state index contributed by atoms with van der Waals surface area (Å²) < 4.78 is 1.89. The van der Waals surface area contributed by atoms with Crippen LogP contribution in [0, 0.1) is 5.92 Å². The summed E-state index contributed by atoms with van der Waals surface area (Å²) in [4.78, 5) is 10.8. The van der Waals surface area contributed by atoms with Crippen molar-refractivity contribution in [2.75, 3.05) is 0 Å². The molecule has 1 heterocycles. The second-order valence-corrected chi connectivity index (χ2v) is 5.90. The lowest BCUT2D eigenvalue weighted by molar-refractivity contribution is -0.138. The largest absolute Gasteiger partial charge is 0.481 e. The van der Waals surface area contributed by atoms with Crippen LogP contribution in [0.4, 0.5) is 0 Å². The highest BCUT2D eigenvalue weighted by atomic mass is 16.4. The highest BCUT2D eigenvalue weighted by molar-refractivity contribution is 5.79. The molecule has 0 bridgehead atoms. The number of hydrogen-bond acceptors (Lipinski definition) is 2. The van der Waals surface area contributed by atoms with E-state index in [1.165, 1.54) is 10.9 Å². The molecule has 4 nitrogen and oxygen atoms in total. The van der Waals surface area contributed by atoms with Crippen molar-refractivity contribution in [2.24, 2.45) is 13.0 Å². The fourth-order valence-corrected chi connectivity index (χ4v) is 3.38. The summed E-state index contributed by atoms with van der Waals surface area (Å²) in [6.07, 6.45) is 6.50. The van der Waals surface area contributed by atoms with Gasteiger partial charge >= 0.3 is 5.97 Å². The predicted molar refractivity (Wildman–Crippen MR) is 77.7 cm³/mol. The zero-order valence-electron chi connectivity index (χ0n) is 11.7. The summed E-state index contributed by atoms with van der Waals surface area (Å²) in [6, 6.07) is 6.58. The van der Waals surface area contributed by atoms with Crippen LogP contribution < -0.4 is 0 Å². The van der Waals surface area contributed by atoms with Crippen molar-refractivity contribution in [2.45, 2.75) is 38.0 Å². The van der Waals surface area contributed by atoms with Gasteiger partial charge in [0.25, 0.3) is 0 Å². The molecular weight excluding hydrogens is 252 g/mol. The molecule has 0 amide bonds. The second kappa shape index (κ2) is 5.27. The third-order valence-corrected chi connectivity index (χ3v) is 4.55. The van der Waals surface area contributed by atoms with Gasteiger partial charge in [0.15, 0.2) is 0 Å². The van der Waals surface area contributed by atoms with Crippen molar-refractivity contribution in [3.05, 3.63) is 30.0 Å². The fourth-order valence-electron chi connectivity index (χ4n) is 3.38. The van der Waals surface area contributed by atoms with Gasteiger partial charge in [0, 0.05) is 18.9 Å². The first kappa shape index (κ1) is 13.2. The molecule has 0 atom stereocenters. The minimum atomic E-state index is -0.662. The zero-order valence-corrected chi connectivity index (χ0v) is 11.7. The molecule has 2 aromatic rings. The van der Waals surface area contributed by atoms with Gasteiger partial charge in [0.2, 0.25) is 0 Å². The number of hydrogen-bond donors (Lipinski definition) is 1. The Morgan fingerprint density at radius 3 is 2.80 bits per heavy atom. The van der Waals surface area contributed by atoms with E-state index in [2.05, 4.69) is 23.3 Å². The van der Waals surface area contributed by atoms with Crippen LogP contribution in [0.25, 0.3) is 10.9 Å². The Hall–Kier alpha value is -1.84. The first-order chi connectivity index (χ1) is 9.63. The first-order valence-corrected chi connectivity index (χ1v) is 7.27. The number of aromatic nitrogens is 2. The maximum Gasteiger partial charge on any atom is 0.303 e. The molecular formula is C16H20N2O2. The lowest BCUT2D eigenvalue weighted by Crippen LogP contribution is -2.16. The van der Waals surface area contributed by atoms with E-state index in [9.17, 15) is 4.79 Å². The number of carboxylic acid groups (broad SMARTS) is 1. The molecule has 1 aliphatic rings. The topological polar surface area (TPSA) is 55.1 Å². The number of aryl methyl sites for hydroxylation is 1. The van der Waals surface area contributed by atoms with Gasteiger partial charge in [-0.1, -0.05) is 6.07 Å². The van der Waals surface area contributed by atoms with Crippen LogP contribution >= 0.6 is 0 Å². The summed E-state index contributed by atoms with van der Waals surface area (Å²) in [5, 5.41) is 14.3. The second-order valence-electron chi connectivity index (χ2n) is 5.90. The van der Waals surface area contributed by atoms with Gasteiger partial charge in [0.1, 0.15) is 0 Å². The standard InChI is InChI=1S/C16H20N2O2/c1-18-15-7-6-13(9-14(15)10-17-18)12-4-2-11(3-5-12)8-16(19)20/h6-7,9-12H,2-5,8H2,1H3,(H,19,20). The van der Waals surface area contributed by atoms with Crippen molar-refractivity contribution in [1.29, 1.82) is 0 Å². The molecule has 1 aromatic carbocycles. The van der Waals surface area contributed by atoms with Crippen molar-refractivity contribution in [1.82, 2.24) is 9.78 Å². The zero-order chi connectivity index (χ0) is 14.1. The van der Waals surface area contributed by atoms with Gasteiger partial charge in [-0.3, -0.25) is 9.48 Å². The highest BCUT2D eigenvalue weighted by Gasteiger charge is 2.24. The fraction of sp³-hybridized carbons (Fsp3) is 0.500. The Kier molecular flexibility index (Phi) is 3.47. The van der Waals surface area contributed by atoms with E-state index < -0.39 is 5.97 Å². The molecule has 1 saturated carbocycles. The van der Waals surface area contributed by atoms with Crippen LogP contribution in [0.2, 0.25) is 0 Å². The van der Waals surface area contributed by atoms with Crippen molar-refractivity contribution < 1.29 is 9.90 Å². The van der Waals surface area contributed by atoms with Gasteiger partial charge in [-0.2, -0.15) is 5.10 Å². The summed E-state index contributed by atoms with van der Waals surface area (Å²) in [5.74, 6) is 0.278. The number of rotatable bonds is 3. The van der Waals surface area contributed by atoms with E-state index in [0.29, 0.717) is 18.3 Å². The molecule has 0 unspecified atom stereocenters. The summed E-state index contributed by atoms with van der Waals surface area (Å²) in [7, 11) is 1.96. The molecule has 1 N–H and O–H groups in total. The number of fused-ring (bicyclic) bond motifs is 1. The molecule has 106 valence electrons. The van der Waals surface area contributed by atoms with E-state index in [0.717, 1.165) is 31.2 Å². The van der Waals surface area contributed by atoms with Crippen molar-refractivity contribution >= 4 is 16.9 Å². The summed E-state index contributed by atoms with van der Waals surface area (Å²) >= 11 is 0. The van der Waals surface area contributed by atoms with E-state index in [4.69, 9.17) is 5.11 Å². The van der Waals surface area contributed by atoms with Crippen LogP contribution in [0.5, 0.6) is 0 Å². The van der Waals surface area contributed by atoms with Gasteiger partial charge in [-0.05, 0) is 55.2 Å². The number of benzene rings is 1. The third-order valence-electron chi connectivity index (χ3n) is 4.55. The Bertz CT molecular complexity index is 624. The lowest BCUT2D eigenvalue weighted by Gasteiger charge is -2.28.